The average molecular weight is 469 g/mol. The minimum atomic E-state index is -0.982. The predicted molar refractivity (Wildman–Crippen MR) is 120 cm³/mol. The molecule has 11 heteroatoms. The van der Waals surface area contributed by atoms with E-state index in [4.69, 9.17) is 13.9 Å². The lowest BCUT2D eigenvalue weighted by molar-refractivity contribution is -0.402. The highest BCUT2D eigenvalue weighted by atomic mass is 32.1. The maximum Gasteiger partial charge on any atom is 0.433 e. The second kappa shape index (κ2) is 8.87. The molecule has 1 aromatic carbocycles. The number of esters is 1. The Bertz CT molecular complexity index is 1440. The summed E-state index contributed by atoms with van der Waals surface area (Å²) < 4.78 is 17.4. The number of carbonyl (C=O) groups is 1. The molecule has 2 aromatic heterocycles. The highest BCUT2D eigenvalue weighted by molar-refractivity contribution is 7.07. The van der Waals surface area contributed by atoms with E-state index < -0.39 is 22.8 Å². The van der Waals surface area contributed by atoms with Gasteiger partial charge in [0.1, 0.15) is 22.5 Å². The smallest absolute Gasteiger partial charge is 0.433 e. The van der Waals surface area contributed by atoms with Gasteiger partial charge in [0.15, 0.2) is 4.80 Å². The van der Waals surface area contributed by atoms with Gasteiger partial charge in [0.25, 0.3) is 5.56 Å². The van der Waals surface area contributed by atoms with Gasteiger partial charge in [-0.3, -0.25) is 19.5 Å². The topological polar surface area (TPSA) is 126 Å². The van der Waals surface area contributed by atoms with E-state index >= 15 is 0 Å². The molecule has 0 spiro atoms. The van der Waals surface area contributed by atoms with Crippen molar-refractivity contribution in [3.63, 3.8) is 0 Å². The number of methoxy groups -OCH3 is 1. The number of fused-ring (bicyclic) bond motifs is 1. The largest absolute Gasteiger partial charge is 0.497 e. The van der Waals surface area contributed by atoms with Crippen molar-refractivity contribution in [3.8, 4) is 5.75 Å². The monoisotopic (exact) mass is 469 g/mol. The Balaban J connectivity index is 1.90. The molecule has 0 saturated carbocycles. The number of ether oxygens (including phenoxy) is 2. The molecule has 0 bridgehead atoms. The molecule has 0 fully saturated rings. The fraction of sp³-hybridized carbons (Fsp3) is 0.227. The zero-order chi connectivity index (χ0) is 23.7. The molecule has 1 aliphatic rings. The minimum Gasteiger partial charge on any atom is -0.497 e. The van der Waals surface area contributed by atoms with E-state index in [0.717, 1.165) is 16.9 Å². The fourth-order valence-corrected chi connectivity index (χ4v) is 4.50. The third kappa shape index (κ3) is 4.10. The van der Waals surface area contributed by atoms with E-state index in [1.165, 1.54) is 16.7 Å². The molecule has 170 valence electrons. The molecule has 0 radical (unpaired) electrons. The number of rotatable bonds is 6. The molecule has 1 atom stereocenters. The lowest BCUT2D eigenvalue weighted by Gasteiger charge is -2.20. The normalized spacial score (nSPS) is 15.7. The van der Waals surface area contributed by atoms with E-state index in [2.05, 4.69) is 4.99 Å². The SMILES string of the molecule is CCOC(=O)C1=C(C)n2c(s/c(=C\c3ccc(OC)cc3)c2=O)=N[C@H]1c1ccc([N+](=O)[O-])o1. The van der Waals surface area contributed by atoms with Crippen molar-refractivity contribution < 1.29 is 23.6 Å². The van der Waals surface area contributed by atoms with Crippen LogP contribution in [0.25, 0.3) is 11.8 Å². The van der Waals surface area contributed by atoms with Crippen molar-refractivity contribution in [1.82, 2.24) is 4.57 Å². The molecular formula is C22H19N3O7S. The molecule has 3 heterocycles. The second-order valence-corrected chi connectivity index (χ2v) is 8.00. The first kappa shape index (κ1) is 22.2. The maximum absolute atomic E-state index is 13.2. The van der Waals surface area contributed by atoms with Gasteiger partial charge in [-0.25, -0.2) is 9.79 Å². The molecule has 0 saturated heterocycles. The molecule has 33 heavy (non-hydrogen) atoms. The molecule has 10 nitrogen and oxygen atoms in total. The Morgan fingerprint density at radius 2 is 2.03 bits per heavy atom. The second-order valence-electron chi connectivity index (χ2n) is 6.99. The first-order valence-corrected chi connectivity index (χ1v) is 10.7. The van der Waals surface area contributed by atoms with Crippen molar-refractivity contribution in [2.45, 2.75) is 19.9 Å². The first-order chi connectivity index (χ1) is 15.8. The van der Waals surface area contributed by atoms with Gasteiger partial charge in [-0.1, -0.05) is 23.5 Å². The van der Waals surface area contributed by atoms with Gasteiger partial charge in [-0.2, -0.15) is 0 Å². The van der Waals surface area contributed by atoms with Crippen LogP contribution in [0.2, 0.25) is 0 Å². The molecule has 0 aliphatic carbocycles. The summed E-state index contributed by atoms with van der Waals surface area (Å²) in [5, 5.41) is 11.1. The number of hydrogen-bond acceptors (Lipinski definition) is 9. The standard InChI is InChI=1S/C22H19N3O7S/c1-4-31-21(27)18-12(2)24-20(26)16(11-13-5-7-14(30-3)8-6-13)33-22(24)23-19(18)15-9-10-17(32-15)25(28)29/h5-11,19H,4H2,1-3H3/b16-11-/t19-/m0/s1. The van der Waals surface area contributed by atoms with Crippen LogP contribution in [0.15, 0.2) is 56.2 Å². The minimum absolute atomic E-state index is 0.0875. The summed E-state index contributed by atoms with van der Waals surface area (Å²) in [6.07, 6.45) is 1.72. The van der Waals surface area contributed by atoms with Gasteiger partial charge >= 0.3 is 11.9 Å². The van der Waals surface area contributed by atoms with Crippen LogP contribution in [0.5, 0.6) is 5.75 Å². The summed E-state index contributed by atoms with van der Waals surface area (Å²) in [5.41, 5.74) is 0.873. The quantitative estimate of drug-likeness (QED) is 0.308. The van der Waals surface area contributed by atoms with Gasteiger partial charge in [-0.05, 0) is 43.7 Å². The third-order valence-electron chi connectivity index (χ3n) is 5.02. The van der Waals surface area contributed by atoms with Gasteiger partial charge in [0.2, 0.25) is 0 Å². The van der Waals surface area contributed by atoms with E-state index in [9.17, 15) is 19.7 Å². The molecule has 4 rings (SSSR count). The number of thiazole rings is 1. The Kier molecular flexibility index (Phi) is 5.97. The van der Waals surface area contributed by atoms with Gasteiger partial charge in [0, 0.05) is 5.70 Å². The summed E-state index contributed by atoms with van der Waals surface area (Å²) in [4.78, 5) is 41.2. The van der Waals surface area contributed by atoms with Crippen LogP contribution >= 0.6 is 11.3 Å². The van der Waals surface area contributed by atoms with E-state index in [-0.39, 0.29) is 23.5 Å². The first-order valence-electron chi connectivity index (χ1n) is 9.92. The van der Waals surface area contributed by atoms with Crippen molar-refractivity contribution >= 4 is 35.0 Å². The van der Waals surface area contributed by atoms with E-state index in [1.54, 1.807) is 39.2 Å². The van der Waals surface area contributed by atoms with Gasteiger partial charge < -0.3 is 13.9 Å². The van der Waals surface area contributed by atoms with Crippen LogP contribution in [0.1, 0.15) is 31.2 Å². The van der Waals surface area contributed by atoms with Crippen LogP contribution in [0.3, 0.4) is 0 Å². The third-order valence-corrected chi connectivity index (χ3v) is 6.00. The number of nitrogens with zero attached hydrogens (tertiary/aromatic N) is 3. The van der Waals surface area contributed by atoms with Crippen LogP contribution in [-0.4, -0.2) is 29.2 Å². The summed E-state index contributed by atoms with van der Waals surface area (Å²) >= 11 is 1.14. The molecule has 1 aliphatic heterocycles. The lowest BCUT2D eigenvalue weighted by Crippen LogP contribution is -2.35. The summed E-state index contributed by atoms with van der Waals surface area (Å²) in [5.74, 6) is -0.342. The number of hydrogen-bond donors (Lipinski definition) is 0. The molecule has 0 unspecified atom stereocenters. The number of aromatic nitrogens is 1. The molecular weight excluding hydrogens is 450 g/mol. The van der Waals surface area contributed by atoms with Crippen LogP contribution in [0.4, 0.5) is 5.88 Å². The van der Waals surface area contributed by atoms with Crippen molar-refractivity contribution in [2.75, 3.05) is 13.7 Å². The highest BCUT2D eigenvalue weighted by Crippen LogP contribution is 2.34. The number of nitro groups is 1. The molecule has 3 aromatic rings. The van der Waals surface area contributed by atoms with Crippen molar-refractivity contribution in [2.24, 2.45) is 4.99 Å². The van der Waals surface area contributed by atoms with Gasteiger partial charge in [0.05, 0.1) is 29.9 Å². The lowest BCUT2D eigenvalue weighted by atomic mass is 10.0. The number of benzene rings is 1. The number of carbonyl (C=O) groups excluding carboxylic acids is 1. The zero-order valence-electron chi connectivity index (χ0n) is 17.9. The van der Waals surface area contributed by atoms with Crippen LogP contribution in [0, 0.1) is 10.1 Å². The highest BCUT2D eigenvalue weighted by Gasteiger charge is 2.34. The van der Waals surface area contributed by atoms with E-state index in [1.807, 2.05) is 12.1 Å². The molecule has 0 N–H and O–H groups in total. The molecule has 0 amide bonds. The zero-order valence-corrected chi connectivity index (χ0v) is 18.8. The van der Waals surface area contributed by atoms with Crippen molar-refractivity contribution in [1.29, 1.82) is 0 Å². The fourth-order valence-electron chi connectivity index (χ4n) is 3.46. The number of allylic oxidation sites excluding steroid dienone is 1. The van der Waals surface area contributed by atoms with Crippen LogP contribution < -0.4 is 19.6 Å². The van der Waals surface area contributed by atoms with Crippen molar-refractivity contribution in [3.05, 3.63) is 83.1 Å². The summed E-state index contributed by atoms with van der Waals surface area (Å²) in [6.45, 7) is 3.38. The Labute approximate surface area is 190 Å². The average Bonchev–Trinajstić information content (AvgIpc) is 3.40. The Hall–Kier alpha value is -3.99. The summed E-state index contributed by atoms with van der Waals surface area (Å²) in [7, 11) is 1.57. The summed E-state index contributed by atoms with van der Waals surface area (Å²) in [6, 6.07) is 8.81. The van der Waals surface area contributed by atoms with E-state index in [0.29, 0.717) is 20.8 Å². The Morgan fingerprint density at radius 3 is 2.64 bits per heavy atom. The maximum atomic E-state index is 13.2. The Morgan fingerprint density at radius 1 is 1.30 bits per heavy atom. The van der Waals surface area contributed by atoms with Crippen LogP contribution in [-0.2, 0) is 9.53 Å². The van der Waals surface area contributed by atoms with Gasteiger partial charge in [-0.15, -0.1) is 0 Å². The number of furan rings is 1. The predicted octanol–water partition coefficient (Wildman–Crippen LogP) is 2.42.